The Morgan fingerprint density at radius 3 is 2.75 bits per heavy atom. The van der Waals surface area contributed by atoms with Gasteiger partial charge in [-0.05, 0) is 50.5 Å². The van der Waals surface area contributed by atoms with E-state index in [0.717, 1.165) is 6.42 Å². The highest BCUT2D eigenvalue weighted by Crippen LogP contribution is 2.35. The molecule has 8 heteroatoms. The Bertz CT molecular complexity index is 925. The molecule has 0 atom stereocenters. The average Bonchev–Trinajstić information content (AvgIpc) is 2.94. The van der Waals surface area contributed by atoms with Crippen LogP contribution in [0, 0.1) is 0 Å². The Hall–Kier alpha value is -2.61. The fraction of sp³-hybridized carbons (Fsp3) is 0.188. The molecule has 2 aromatic carbocycles. The van der Waals surface area contributed by atoms with Crippen LogP contribution < -0.4 is 14.8 Å². The van der Waals surface area contributed by atoms with Crippen LogP contribution in [-0.4, -0.2) is 29.4 Å². The van der Waals surface area contributed by atoms with Crippen molar-refractivity contribution in [1.29, 1.82) is 0 Å². The van der Waals surface area contributed by atoms with Crippen molar-refractivity contribution in [2.75, 3.05) is 18.5 Å². The molecule has 0 fully saturated rings. The van der Waals surface area contributed by atoms with Gasteiger partial charge in [-0.25, -0.2) is 4.63 Å². The summed E-state index contributed by atoms with van der Waals surface area (Å²) in [6.45, 7) is 1.14. The minimum absolute atomic E-state index is 0.298. The first-order valence-electron chi connectivity index (χ1n) is 7.34. The van der Waals surface area contributed by atoms with Crippen LogP contribution in [-0.2, 0) is 0 Å². The van der Waals surface area contributed by atoms with E-state index >= 15 is 0 Å². The lowest BCUT2D eigenvalue weighted by molar-refractivity contribution is 0.102. The highest BCUT2D eigenvalue weighted by atomic mass is 79.9. The van der Waals surface area contributed by atoms with E-state index in [0.29, 0.717) is 51.5 Å². The van der Waals surface area contributed by atoms with Crippen LogP contribution in [0.1, 0.15) is 16.8 Å². The Kier molecular flexibility index (Phi) is 3.81. The molecule has 0 aliphatic carbocycles. The van der Waals surface area contributed by atoms with Crippen LogP contribution in [0.5, 0.6) is 11.5 Å². The molecule has 24 heavy (non-hydrogen) atoms. The summed E-state index contributed by atoms with van der Waals surface area (Å²) >= 11 is 3.41. The number of nitrogens with one attached hydrogen (secondary N) is 1. The number of halogens is 1. The number of benzene rings is 2. The predicted octanol–water partition coefficient (Wildman–Crippen LogP) is 3.40. The number of amides is 1. The quantitative estimate of drug-likeness (QED) is 0.722. The number of carbonyl (C=O) groups excluding carboxylic acids is 1. The summed E-state index contributed by atoms with van der Waals surface area (Å²) in [4.78, 5) is 12.7. The monoisotopic (exact) mass is 389 g/mol. The summed E-state index contributed by atoms with van der Waals surface area (Å²) < 4.78 is 16.6. The summed E-state index contributed by atoms with van der Waals surface area (Å²) in [6, 6.07) is 8.67. The summed E-state index contributed by atoms with van der Waals surface area (Å²) in [7, 11) is 0. The lowest BCUT2D eigenvalue weighted by atomic mass is 10.1. The molecule has 1 N–H and O–H groups in total. The van der Waals surface area contributed by atoms with Crippen molar-refractivity contribution in [3.05, 3.63) is 40.4 Å². The van der Waals surface area contributed by atoms with E-state index in [1.807, 2.05) is 0 Å². The standard InChI is InChI=1S/C16H12BrN3O4/c17-10-8-14-13(22-5-2-6-23-14)7-9(10)16(21)18-11-3-1-4-12-15(11)20-24-19-12/h1,3-4,7-8H,2,5-6H2,(H,18,21). The van der Waals surface area contributed by atoms with Crippen LogP contribution >= 0.6 is 15.9 Å². The summed E-state index contributed by atoms with van der Waals surface area (Å²) in [5.74, 6) is 0.883. The molecule has 2 heterocycles. The van der Waals surface area contributed by atoms with Gasteiger partial charge in [-0.1, -0.05) is 6.07 Å². The SMILES string of the molecule is O=C(Nc1cccc2nonc12)c1cc2c(cc1Br)OCCCO2. The van der Waals surface area contributed by atoms with Crippen molar-refractivity contribution in [3.63, 3.8) is 0 Å². The van der Waals surface area contributed by atoms with Gasteiger partial charge in [-0.3, -0.25) is 4.79 Å². The lowest BCUT2D eigenvalue weighted by Crippen LogP contribution is -2.13. The van der Waals surface area contributed by atoms with Gasteiger partial charge in [0.1, 0.15) is 5.52 Å². The molecule has 1 amide bonds. The lowest BCUT2D eigenvalue weighted by Gasteiger charge is -2.12. The van der Waals surface area contributed by atoms with E-state index in [1.165, 1.54) is 0 Å². The zero-order valence-corrected chi connectivity index (χ0v) is 14.0. The molecular formula is C16H12BrN3O4. The van der Waals surface area contributed by atoms with Gasteiger partial charge in [-0.15, -0.1) is 0 Å². The summed E-state index contributed by atoms with van der Waals surface area (Å²) in [5, 5.41) is 10.4. The van der Waals surface area contributed by atoms with Crippen molar-refractivity contribution in [2.24, 2.45) is 0 Å². The smallest absolute Gasteiger partial charge is 0.257 e. The van der Waals surface area contributed by atoms with Gasteiger partial charge >= 0.3 is 0 Å². The molecule has 3 aromatic rings. The number of anilines is 1. The second kappa shape index (κ2) is 6.12. The molecule has 122 valence electrons. The summed E-state index contributed by atoms with van der Waals surface area (Å²) in [6.07, 6.45) is 0.801. The largest absolute Gasteiger partial charge is 0.490 e. The minimum atomic E-state index is -0.298. The van der Waals surface area contributed by atoms with Crippen molar-refractivity contribution >= 4 is 38.6 Å². The zero-order valence-electron chi connectivity index (χ0n) is 12.4. The van der Waals surface area contributed by atoms with Crippen molar-refractivity contribution in [1.82, 2.24) is 10.3 Å². The van der Waals surface area contributed by atoms with Gasteiger partial charge in [0.25, 0.3) is 5.91 Å². The van der Waals surface area contributed by atoms with Crippen LogP contribution in [0.25, 0.3) is 11.0 Å². The number of rotatable bonds is 2. The topological polar surface area (TPSA) is 86.5 Å². The maximum Gasteiger partial charge on any atom is 0.257 e. The maximum absolute atomic E-state index is 12.7. The predicted molar refractivity (Wildman–Crippen MR) is 89.5 cm³/mol. The second-order valence-electron chi connectivity index (χ2n) is 5.22. The number of ether oxygens (including phenoxy) is 2. The third kappa shape index (κ3) is 2.69. The summed E-state index contributed by atoms with van der Waals surface area (Å²) in [5.41, 5.74) is 2.03. The zero-order chi connectivity index (χ0) is 16.5. The first-order chi connectivity index (χ1) is 11.7. The van der Waals surface area contributed by atoms with Gasteiger partial charge in [-0.2, -0.15) is 0 Å². The Balaban J connectivity index is 1.67. The van der Waals surface area contributed by atoms with Crippen LogP contribution in [0.2, 0.25) is 0 Å². The average molecular weight is 390 g/mol. The maximum atomic E-state index is 12.7. The third-order valence-electron chi connectivity index (χ3n) is 3.62. The third-order valence-corrected chi connectivity index (χ3v) is 4.27. The number of hydrogen-bond donors (Lipinski definition) is 1. The van der Waals surface area contributed by atoms with Gasteiger partial charge in [0.05, 0.1) is 24.5 Å². The molecule has 4 rings (SSSR count). The van der Waals surface area contributed by atoms with Crippen LogP contribution in [0.4, 0.5) is 5.69 Å². The van der Waals surface area contributed by atoms with E-state index in [9.17, 15) is 4.79 Å². The van der Waals surface area contributed by atoms with Crippen LogP contribution in [0.15, 0.2) is 39.4 Å². The van der Waals surface area contributed by atoms with Crippen molar-refractivity contribution in [2.45, 2.75) is 6.42 Å². The Morgan fingerprint density at radius 2 is 1.92 bits per heavy atom. The normalized spacial score (nSPS) is 13.5. The highest BCUT2D eigenvalue weighted by molar-refractivity contribution is 9.10. The first kappa shape index (κ1) is 14.9. The Morgan fingerprint density at radius 1 is 1.12 bits per heavy atom. The van der Waals surface area contributed by atoms with Gasteiger partial charge < -0.3 is 14.8 Å². The molecule has 1 aliphatic heterocycles. The van der Waals surface area contributed by atoms with Crippen molar-refractivity contribution < 1.29 is 18.9 Å². The molecule has 0 spiro atoms. The molecule has 1 aliphatic rings. The molecule has 7 nitrogen and oxygen atoms in total. The molecule has 0 saturated carbocycles. The van der Waals surface area contributed by atoms with E-state index in [4.69, 9.17) is 14.1 Å². The van der Waals surface area contributed by atoms with Gasteiger partial charge in [0.2, 0.25) is 0 Å². The molecule has 0 unspecified atom stereocenters. The second-order valence-corrected chi connectivity index (χ2v) is 6.08. The Labute approximate surface area is 145 Å². The van der Waals surface area contributed by atoms with E-state index in [2.05, 4.69) is 31.6 Å². The molecule has 0 radical (unpaired) electrons. The molecular weight excluding hydrogens is 378 g/mol. The highest BCUT2D eigenvalue weighted by Gasteiger charge is 2.19. The van der Waals surface area contributed by atoms with Gasteiger partial charge in [0.15, 0.2) is 17.0 Å². The fourth-order valence-corrected chi connectivity index (χ4v) is 2.96. The van der Waals surface area contributed by atoms with E-state index in [-0.39, 0.29) is 5.91 Å². The van der Waals surface area contributed by atoms with Crippen molar-refractivity contribution in [3.8, 4) is 11.5 Å². The van der Waals surface area contributed by atoms with E-state index < -0.39 is 0 Å². The molecule has 1 aromatic heterocycles. The molecule has 0 bridgehead atoms. The number of nitrogens with zero attached hydrogens (tertiary/aromatic N) is 2. The number of fused-ring (bicyclic) bond motifs is 2. The molecule has 0 saturated heterocycles. The minimum Gasteiger partial charge on any atom is -0.490 e. The number of carbonyl (C=O) groups is 1. The number of hydrogen-bond acceptors (Lipinski definition) is 6. The first-order valence-corrected chi connectivity index (χ1v) is 8.13. The fourth-order valence-electron chi connectivity index (χ4n) is 2.45. The van der Waals surface area contributed by atoms with E-state index in [1.54, 1.807) is 30.3 Å². The van der Waals surface area contributed by atoms with Crippen LogP contribution in [0.3, 0.4) is 0 Å². The van der Waals surface area contributed by atoms with Gasteiger partial charge in [0, 0.05) is 10.9 Å². The number of aromatic nitrogens is 2.